The molecule has 1 aliphatic heterocycles. The molecule has 1 saturated heterocycles. The number of hydrogen-bond donors (Lipinski definition) is 1. The fraction of sp³-hybridized carbons (Fsp3) is 1.00. The summed E-state index contributed by atoms with van der Waals surface area (Å²) in [4.78, 5) is 0. The number of ether oxygens (including phenoxy) is 1. The number of hydrogen-bond acceptors (Lipinski definition) is 2. The van der Waals surface area contributed by atoms with Gasteiger partial charge in [-0.3, -0.25) is 0 Å². The van der Waals surface area contributed by atoms with Gasteiger partial charge in [-0.25, -0.2) is 0 Å². The topological polar surface area (TPSA) is 21.3 Å². The van der Waals surface area contributed by atoms with Crippen LogP contribution in [0.3, 0.4) is 0 Å². The molecule has 8 heavy (non-hydrogen) atoms. The van der Waals surface area contributed by atoms with Crippen LogP contribution in [-0.4, -0.2) is 35.7 Å². The van der Waals surface area contributed by atoms with E-state index >= 15 is 0 Å². The van der Waals surface area contributed by atoms with Crippen molar-refractivity contribution in [1.82, 2.24) is 5.32 Å². The van der Waals surface area contributed by atoms with Crippen LogP contribution < -0.4 is 5.32 Å². The molecule has 0 spiro atoms. The first kappa shape index (κ1) is 6.26. The van der Waals surface area contributed by atoms with Gasteiger partial charge in [-0.15, -0.1) is 0 Å². The van der Waals surface area contributed by atoms with Crippen molar-refractivity contribution in [2.24, 2.45) is 0 Å². The molecule has 1 fully saturated rings. The Morgan fingerprint density at radius 2 is 2.50 bits per heavy atom. The summed E-state index contributed by atoms with van der Waals surface area (Å²) in [5.74, 6) is 0. The van der Waals surface area contributed by atoms with E-state index in [0.717, 1.165) is 6.61 Å². The lowest BCUT2D eigenvalue weighted by atomic mass is 10.1. The Morgan fingerprint density at radius 3 is 2.62 bits per heavy atom. The van der Waals surface area contributed by atoms with Crippen LogP contribution in [0.15, 0.2) is 0 Å². The molecule has 0 aromatic heterocycles. The third-order valence-electron chi connectivity index (χ3n) is 1.69. The van der Waals surface area contributed by atoms with Gasteiger partial charge in [-0.05, 0) is 13.0 Å². The molecule has 1 heterocycles. The van der Waals surface area contributed by atoms with E-state index in [-0.39, 0.29) is 0 Å². The Labute approximate surface area is 53.0 Å². The monoisotopic (exact) mass is 131 g/mol. The van der Waals surface area contributed by atoms with Crippen molar-refractivity contribution in [3.05, 3.63) is 0 Å². The van der Waals surface area contributed by atoms with E-state index < -0.39 is 0 Å². The van der Waals surface area contributed by atoms with Crippen molar-refractivity contribution in [3.8, 4) is 0 Å². The van der Waals surface area contributed by atoms with E-state index in [1.165, 1.54) is 23.2 Å². The molecular formula is C5H13NOSi. The number of rotatable bonds is 2. The molecule has 1 atom stereocenters. The lowest BCUT2D eigenvalue weighted by Crippen LogP contribution is -2.60. The lowest BCUT2D eigenvalue weighted by molar-refractivity contribution is 0.116. The SMILES string of the molecule is COC[C@]1([SiH3])CCN1. The third-order valence-corrected chi connectivity index (χ3v) is 2.83. The molecule has 0 aromatic rings. The molecular weight excluding hydrogens is 118 g/mol. The van der Waals surface area contributed by atoms with Crippen LogP contribution in [0.5, 0.6) is 0 Å². The minimum absolute atomic E-state index is 0.439. The maximum Gasteiger partial charge on any atom is 0.0607 e. The van der Waals surface area contributed by atoms with Crippen LogP contribution in [0, 0.1) is 0 Å². The summed E-state index contributed by atoms with van der Waals surface area (Å²) >= 11 is 0. The first-order chi connectivity index (χ1) is 3.77. The first-order valence-corrected chi connectivity index (χ1v) is 4.01. The summed E-state index contributed by atoms with van der Waals surface area (Å²) in [6.07, 6.45) is 1.31. The normalized spacial score (nSPS) is 37.1. The van der Waals surface area contributed by atoms with E-state index in [2.05, 4.69) is 5.32 Å². The summed E-state index contributed by atoms with van der Waals surface area (Å²) in [6, 6.07) is 0. The second kappa shape index (κ2) is 2.17. The molecule has 0 aromatic carbocycles. The van der Waals surface area contributed by atoms with Gasteiger partial charge in [0.15, 0.2) is 0 Å². The fourth-order valence-corrected chi connectivity index (χ4v) is 1.78. The molecule has 0 bridgehead atoms. The predicted molar refractivity (Wildman–Crippen MR) is 37.2 cm³/mol. The van der Waals surface area contributed by atoms with Crippen LogP contribution in [0.2, 0.25) is 0 Å². The minimum Gasteiger partial charge on any atom is -0.383 e. The van der Waals surface area contributed by atoms with Crippen LogP contribution >= 0.6 is 0 Å². The van der Waals surface area contributed by atoms with Crippen molar-refractivity contribution in [2.45, 2.75) is 11.6 Å². The minimum atomic E-state index is 0.439. The Hall–Kier alpha value is 0.137. The Balaban J connectivity index is 2.20. The van der Waals surface area contributed by atoms with Gasteiger partial charge in [-0.2, -0.15) is 0 Å². The van der Waals surface area contributed by atoms with Gasteiger partial charge >= 0.3 is 0 Å². The highest BCUT2D eigenvalue weighted by Crippen LogP contribution is 2.13. The van der Waals surface area contributed by atoms with Crippen molar-refractivity contribution in [2.75, 3.05) is 20.3 Å². The zero-order chi connectivity index (χ0) is 6.04. The molecule has 3 heteroatoms. The van der Waals surface area contributed by atoms with E-state index in [0.29, 0.717) is 5.16 Å². The molecule has 1 N–H and O–H groups in total. The zero-order valence-electron chi connectivity index (χ0n) is 5.53. The highest BCUT2D eigenvalue weighted by molar-refractivity contribution is 6.16. The van der Waals surface area contributed by atoms with Crippen molar-refractivity contribution < 1.29 is 4.74 Å². The van der Waals surface area contributed by atoms with Gasteiger partial charge in [0.1, 0.15) is 0 Å². The van der Waals surface area contributed by atoms with Crippen LogP contribution in [-0.2, 0) is 4.74 Å². The van der Waals surface area contributed by atoms with E-state index in [9.17, 15) is 0 Å². The van der Waals surface area contributed by atoms with Gasteiger partial charge < -0.3 is 10.1 Å². The molecule has 0 unspecified atom stereocenters. The number of nitrogens with one attached hydrogen (secondary N) is 1. The van der Waals surface area contributed by atoms with Gasteiger partial charge in [-0.1, -0.05) is 0 Å². The highest BCUT2D eigenvalue weighted by atomic mass is 28.1. The van der Waals surface area contributed by atoms with Crippen LogP contribution in [0.1, 0.15) is 6.42 Å². The summed E-state index contributed by atoms with van der Waals surface area (Å²) in [6.45, 7) is 2.09. The maximum absolute atomic E-state index is 5.02. The maximum atomic E-state index is 5.02. The number of methoxy groups -OCH3 is 1. The smallest absolute Gasteiger partial charge is 0.0607 e. The van der Waals surface area contributed by atoms with Gasteiger partial charge in [0.25, 0.3) is 0 Å². The molecule has 1 aliphatic rings. The summed E-state index contributed by atoms with van der Waals surface area (Å²) in [5.41, 5.74) is 0. The first-order valence-electron chi connectivity index (χ1n) is 3.01. The summed E-state index contributed by atoms with van der Waals surface area (Å²) in [7, 11) is 2.97. The van der Waals surface area contributed by atoms with E-state index in [1.807, 2.05) is 0 Å². The Morgan fingerprint density at radius 1 is 1.88 bits per heavy atom. The van der Waals surface area contributed by atoms with E-state index in [4.69, 9.17) is 4.74 Å². The van der Waals surface area contributed by atoms with Crippen molar-refractivity contribution in [1.29, 1.82) is 0 Å². The summed E-state index contributed by atoms with van der Waals surface area (Å²) in [5, 5.41) is 3.80. The Bertz CT molecular complexity index is 82.5. The van der Waals surface area contributed by atoms with E-state index in [1.54, 1.807) is 7.11 Å². The molecule has 1 rings (SSSR count). The quantitative estimate of drug-likeness (QED) is 0.470. The van der Waals surface area contributed by atoms with Crippen LogP contribution in [0.25, 0.3) is 0 Å². The van der Waals surface area contributed by atoms with Crippen molar-refractivity contribution >= 4 is 10.2 Å². The molecule has 0 aliphatic carbocycles. The molecule has 0 saturated carbocycles. The molecule has 2 nitrogen and oxygen atoms in total. The van der Waals surface area contributed by atoms with Crippen molar-refractivity contribution in [3.63, 3.8) is 0 Å². The fourth-order valence-electron chi connectivity index (χ4n) is 0.994. The largest absolute Gasteiger partial charge is 0.383 e. The second-order valence-electron chi connectivity index (χ2n) is 2.67. The van der Waals surface area contributed by atoms with Crippen LogP contribution in [0.4, 0.5) is 0 Å². The highest BCUT2D eigenvalue weighted by Gasteiger charge is 2.30. The standard InChI is InChI=1S/C5H13NOSi/c1-7-4-5(8)2-3-6-5/h6H,2-4H2,1,8H3/t5-/m1/s1. The lowest BCUT2D eigenvalue weighted by Gasteiger charge is -2.39. The van der Waals surface area contributed by atoms with Gasteiger partial charge in [0.2, 0.25) is 0 Å². The predicted octanol–water partition coefficient (Wildman–Crippen LogP) is -1.31. The average molecular weight is 131 g/mol. The summed E-state index contributed by atoms with van der Waals surface area (Å²) < 4.78 is 5.02. The molecule has 0 amide bonds. The van der Waals surface area contributed by atoms with Gasteiger partial charge in [0.05, 0.1) is 6.61 Å². The van der Waals surface area contributed by atoms with Gasteiger partial charge in [0, 0.05) is 22.5 Å². The second-order valence-corrected chi connectivity index (χ2v) is 4.58. The third kappa shape index (κ3) is 1.10. The molecule has 0 radical (unpaired) electrons. The average Bonchev–Trinajstić information content (AvgIpc) is 1.64. The molecule has 48 valence electrons. The zero-order valence-corrected chi connectivity index (χ0v) is 7.53. The Kier molecular flexibility index (Phi) is 1.70.